The van der Waals surface area contributed by atoms with Crippen LogP contribution in [0.15, 0.2) is 102 Å². The number of carbonyl (C=O) groups excluding carboxylic acids is 2. The first-order chi connectivity index (χ1) is 22.5. The van der Waals surface area contributed by atoms with Gasteiger partial charge in [-0.1, -0.05) is 72.3 Å². The van der Waals surface area contributed by atoms with Gasteiger partial charge in [0.05, 0.1) is 29.2 Å². The highest BCUT2D eigenvalue weighted by Crippen LogP contribution is 2.44. The zero-order chi connectivity index (χ0) is 33.5. The molecule has 0 aliphatic carbocycles. The van der Waals surface area contributed by atoms with E-state index in [-0.39, 0.29) is 11.5 Å². The standard InChI is InChI=1S/C39H37NO6S/c1-24-13-19-32(20-14-24)47(43,44)40-27(4)36-25(2)21-26(3)37(29-15-17-30(18-16-29)38(41)45-5)35(36)22-31(40)23-46-39(42)34-12-8-10-28-9-6-7-11-33(28)34/h6-21,27,31H,22-23H2,1-5H3/t27-,31+/m1/s1. The molecule has 0 radical (unpaired) electrons. The van der Waals surface area contributed by atoms with Gasteiger partial charge < -0.3 is 9.47 Å². The lowest BCUT2D eigenvalue weighted by Crippen LogP contribution is -2.49. The number of esters is 2. The average molecular weight is 648 g/mol. The molecule has 0 spiro atoms. The van der Waals surface area contributed by atoms with E-state index in [9.17, 15) is 18.0 Å². The molecule has 5 aromatic carbocycles. The number of rotatable bonds is 7. The molecule has 6 rings (SSSR count). The Hall–Kier alpha value is -4.79. The fourth-order valence-electron chi connectivity index (χ4n) is 6.96. The predicted molar refractivity (Wildman–Crippen MR) is 183 cm³/mol. The maximum absolute atomic E-state index is 14.4. The first-order valence-electron chi connectivity index (χ1n) is 15.6. The summed E-state index contributed by atoms with van der Waals surface area (Å²) in [6, 6.07) is 28.0. The van der Waals surface area contributed by atoms with Gasteiger partial charge in [-0.05, 0) is 109 Å². The van der Waals surface area contributed by atoms with Crippen molar-refractivity contribution in [1.29, 1.82) is 0 Å². The highest BCUT2D eigenvalue weighted by Gasteiger charge is 2.43. The Labute approximate surface area is 275 Å². The van der Waals surface area contributed by atoms with Crippen molar-refractivity contribution in [2.75, 3.05) is 13.7 Å². The first kappa shape index (κ1) is 32.2. The molecule has 7 nitrogen and oxygen atoms in total. The second-order valence-electron chi connectivity index (χ2n) is 12.2. The molecule has 0 aromatic heterocycles. The number of fused-ring (bicyclic) bond motifs is 2. The Morgan fingerprint density at radius 2 is 1.51 bits per heavy atom. The van der Waals surface area contributed by atoms with Crippen LogP contribution < -0.4 is 0 Å². The van der Waals surface area contributed by atoms with Gasteiger partial charge in [-0.15, -0.1) is 0 Å². The van der Waals surface area contributed by atoms with Crippen LogP contribution >= 0.6 is 0 Å². The van der Waals surface area contributed by atoms with Crippen molar-refractivity contribution in [3.8, 4) is 11.1 Å². The maximum atomic E-state index is 14.4. The van der Waals surface area contributed by atoms with Gasteiger partial charge >= 0.3 is 11.9 Å². The normalized spacial score (nSPS) is 16.4. The summed E-state index contributed by atoms with van der Waals surface area (Å²) >= 11 is 0. The molecule has 1 heterocycles. The van der Waals surface area contributed by atoms with Crippen molar-refractivity contribution < 1.29 is 27.5 Å². The van der Waals surface area contributed by atoms with Crippen molar-refractivity contribution in [3.05, 3.63) is 136 Å². The van der Waals surface area contributed by atoms with Gasteiger partial charge in [-0.25, -0.2) is 18.0 Å². The molecule has 0 N–H and O–H groups in total. The summed E-state index contributed by atoms with van der Waals surface area (Å²) in [4.78, 5) is 25.9. The van der Waals surface area contributed by atoms with Gasteiger partial charge in [0.25, 0.3) is 0 Å². The number of ether oxygens (including phenoxy) is 2. The minimum absolute atomic E-state index is 0.134. The second-order valence-corrected chi connectivity index (χ2v) is 14.0. The first-order valence-corrected chi connectivity index (χ1v) is 17.0. The van der Waals surface area contributed by atoms with E-state index >= 15 is 0 Å². The topological polar surface area (TPSA) is 90.0 Å². The zero-order valence-electron chi connectivity index (χ0n) is 27.1. The summed E-state index contributed by atoms with van der Waals surface area (Å²) in [6.07, 6.45) is 0.324. The van der Waals surface area contributed by atoms with E-state index in [2.05, 4.69) is 6.07 Å². The SMILES string of the molecule is COC(=O)c1ccc(-c2c(C)cc(C)c3c2C[C@@H](COC(=O)c2cccc4ccccc24)N(S(=O)(=O)c2ccc(C)cc2)[C@@H]3C)cc1. The fourth-order valence-corrected chi connectivity index (χ4v) is 8.74. The lowest BCUT2D eigenvalue weighted by Gasteiger charge is -2.42. The number of hydrogen-bond acceptors (Lipinski definition) is 6. The minimum atomic E-state index is -4.00. The quantitative estimate of drug-likeness (QED) is 0.168. The molecule has 0 fully saturated rings. The van der Waals surface area contributed by atoms with E-state index < -0.39 is 34.0 Å². The van der Waals surface area contributed by atoms with Crippen LogP contribution in [0.4, 0.5) is 0 Å². The monoisotopic (exact) mass is 647 g/mol. The van der Waals surface area contributed by atoms with E-state index in [0.29, 0.717) is 17.5 Å². The van der Waals surface area contributed by atoms with E-state index in [1.54, 1.807) is 42.5 Å². The van der Waals surface area contributed by atoms with Gasteiger partial charge in [0, 0.05) is 6.04 Å². The molecule has 0 amide bonds. The average Bonchev–Trinajstić information content (AvgIpc) is 3.06. The third-order valence-corrected chi connectivity index (χ3v) is 11.1. The van der Waals surface area contributed by atoms with Crippen molar-refractivity contribution in [1.82, 2.24) is 4.31 Å². The molecular weight excluding hydrogens is 610 g/mol. The fraction of sp³-hybridized carbons (Fsp3) is 0.231. The van der Waals surface area contributed by atoms with Crippen molar-refractivity contribution in [2.45, 2.75) is 51.1 Å². The number of carbonyl (C=O) groups is 2. The van der Waals surface area contributed by atoms with Crippen LogP contribution in [0.1, 0.15) is 61.5 Å². The highest BCUT2D eigenvalue weighted by atomic mass is 32.2. The molecule has 47 heavy (non-hydrogen) atoms. The molecule has 0 saturated carbocycles. The molecule has 0 saturated heterocycles. The minimum Gasteiger partial charge on any atom is -0.465 e. The molecular formula is C39H37NO6S. The number of sulfonamides is 1. The molecule has 2 atom stereocenters. The van der Waals surface area contributed by atoms with Crippen molar-refractivity contribution in [2.24, 2.45) is 0 Å². The second kappa shape index (κ2) is 12.8. The van der Waals surface area contributed by atoms with Crippen LogP contribution in [0.3, 0.4) is 0 Å². The highest BCUT2D eigenvalue weighted by molar-refractivity contribution is 7.89. The molecule has 5 aromatic rings. The zero-order valence-corrected chi connectivity index (χ0v) is 27.9. The van der Waals surface area contributed by atoms with Gasteiger partial charge in [0.1, 0.15) is 6.61 Å². The van der Waals surface area contributed by atoms with E-state index in [1.165, 1.54) is 11.4 Å². The molecule has 240 valence electrons. The van der Waals surface area contributed by atoms with E-state index in [1.807, 2.05) is 76.2 Å². The maximum Gasteiger partial charge on any atom is 0.338 e. The molecule has 1 aliphatic heterocycles. The lowest BCUT2D eigenvalue weighted by atomic mass is 9.80. The Morgan fingerprint density at radius 3 is 2.21 bits per heavy atom. The predicted octanol–water partition coefficient (Wildman–Crippen LogP) is 7.75. The lowest BCUT2D eigenvalue weighted by molar-refractivity contribution is 0.0389. The summed E-state index contributed by atoms with van der Waals surface area (Å²) in [7, 11) is -2.65. The van der Waals surface area contributed by atoms with E-state index in [4.69, 9.17) is 9.47 Å². The molecule has 0 bridgehead atoms. The Morgan fingerprint density at radius 1 is 0.830 bits per heavy atom. The van der Waals surface area contributed by atoms with Crippen molar-refractivity contribution in [3.63, 3.8) is 0 Å². The Balaban J connectivity index is 1.45. The number of aryl methyl sites for hydroxylation is 3. The van der Waals surface area contributed by atoms with Gasteiger partial charge in [0.2, 0.25) is 10.0 Å². The summed E-state index contributed by atoms with van der Waals surface area (Å²) in [5.74, 6) is -0.926. The Bertz CT molecular complexity index is 2100. The van der Waals surface area contributed by atoms with Crippen LogP contribution in [-0.4, -0.2) is 44.4 Å². The molecule has 0 unspecified atom stereocenters. The number of hydrogen-bond donors (Lipinski definition) is 0. The van der Waals surface area contributed by atoms with E-state index in [0.717, 1.165) is 49.7 Å². The van der Waals surface area contributed by atoms with Gasteiger partial charge in [0.15, 0.2) is 0 Å². The van der Waals surface area contributed by atoms with Crippen LogP contribution in [0, 0.1) is 20.8 Å². The van der Waals surface area contributed by atoms with Crippen LogP contribution in [0.2, 0.25) is 0 Å². The van der Waals surface area contributed by atoms with Gasteiger partial charge in [-0.2, -0.15) is 4.31 Å². The van der Waals surface area contributed by atoms with Crippen molar-refractivity contribution >= 4 is 32.7 Å². The van der Waals surface area contributed by atoms with Crippen LogP contribution in [0.5, 0.6) is 0 Å². The van der Waals surface area contributed by atoms with Gasteiger partial charge in [-0.3, -0.25) is 0 Å². The molecule has 8 heteroatoms. The number of methoxy groups -OCH3 is 1. The third-order valence-electron chi connectivity index (χ3n) is 9.09. The summed E-state index contributed by atoms with van der Waals surface area (Å²) in [6.45, 7) is 7.72. The summed E-state index contributed by atoms with van der Waals surface area (Å²) in [5, 5.41) is 1.69. The number of nitrogens with zero attached hydrogens (tertiary/aromatic N) is 1. The smallest absolute Gasteiger partial charge is 0.338 e. The summed E-state index contributed by atoms with van der Waals surface area (Å²) < 4.78 is 41.2. The largest absolute Gasteiger partial charge is 0.465 e. The molecule has 1 aliphatic rings. The summed E-state index contributed by atoms with van der Waals surface area (Å²) in [5.41, 5.74) is 7.64. The van der Waals surface area contributed by atoms with Crippen LogP contribution in [-0.2, 0) is 25.9 Å². The Kier molecular flexibility index (Phi) is 8.74. The number of benzene rings is 5. The third kappa shape index (κ3) is 5.95. The van der Waals surface area contributed by atoms with Crippen LogP contribution in [0.25, 0.3) is 21.9 Å².